The smallest absolute Gasteiger partial charge is 0.416 e. The van der Waals surface area contributed by atoms with Gasteiger partial charge in [-0.1, -0.05) is 23.2 Å². The second-order valence-electron chi connectivity index (χ2n) is 15.4. The molecule has 4 aromatic heterocycles. The van der Waals surface area contributed by atoms with E-state index in [1.165, 1.54) is 22.8 Å². The van der Waals surface area contributed by atoms with Gasteiger partial charge in [0.05, 0.1) is 35.9 Å². The van der Waals surface area contributed by atoms with E-state index < -0.39 is 23.5 Å². The van der Waals surface area contributed by atoms with Gasteiger partial charge in [-0.15, -0.1) is 0 Å². The Morgan fingerprint density at radius 3 is 2.03 bits per heavy atom. The summed E-state index contributed by atoms with van der Waals surface area (Å²) in [5, 5.41) is 29.9. The number of amides is 5. The minimum absolute atomic E-state index is 0.00393. The van der Waals surface area contributed by atoms with Crippen molar-refractivity contribution < 1.29 is 33.8 Å². The SMILES string of the molecule is CC(C)(C)OC(=O)N(c1cc(Cl)nc2c(/C=C3\CC(=O)NC3=O)cnn12)C1CC1.O=C1C/C(=C\c2cnn3c(NC4CC4)cc(Nc4ccc(O)cc4Cl)nc23)C(=O)N1. The van der Waals surface area contributed by atoms with Gasteiger partial charge in [0, 0.05) is 52.6 Å². The number of phenols is 1. The molecule has 5 amide bonds. The number of benzene rings is 1. The molecule has 6 heterocycles. The van der Waals surface area contributed by atoms with Gasteiger partial charge in [0.2, 0.25) is 11.8 Å². The van der Waals surface area contributed by atoms with E-state index in [0.717, 1.165) is 31.5 Å². The Balaban J connectivity index is 0.000000164. The molecule has 0 atom stereocenters. The third kappa shape index (κ3) is 8.83. The number of hydrogen-bond acceptors (Lipinski definition) is 13. The number of phenolic OH excluding ortho intramolecular Hbond substituents is 1. The number of nitrogens with zero attached hydrogens (tertiary/aromatic N) is 7. The van der Waals surface area contributed by atoms with E-state index in [0.29, 0.717) is 62.0 Å². The summed E-state index contributed by atoms with van der Waals surface area (Å²) in [6.45, 7) is 5.41. The van der Waals surface area contributed by atoms with Gasteiger partial charge in [-0.2, -0.15) is 19.2 Å². The molecule has 1 aromatic carbocycles. The van der Waals surface area contributed by atoms with Crippen LogP contribution in [0.3, 0.4) is 0 Å². The van der Waals surface area contributed by atoms with E-state index >= 15 is 0 Å². The zero-order chi connectivity index (χ0) is 41.7. The highest BCUT2D eigenvalue weighted by Gasteiger charge is 2.38. The molecule has 0 bridgehead atoms. The van der Waals surface area contributed by atoms with Gasteiger partial charge in [-0.3, -0.25) is 34.7 Å². The van der Waals surface area contributed by atoms with Crippen molar-refractivity contribution in [3.05, 3.63) is 75.2 Å². The summed E-state index contributed by atoms with van der Waals surface area (Å²) >= 11 is 12.5. The molecule has 9 rings (SSSR count). The number of carbonyl (C=O) groups is 5. The van der Waals surface area contributed by atoms with E-state index in [9.17, 15) is 29.1 Å². The van der Waals surface area contributed by atoms with Gasteiger partial charge in [0.15, 0.2) is 11.3 Å². The van der Waals surface area contributed by atoms with Crippen LogP contribution >= 0.6 is 23.2 Å². The maximum Gasteiger partial charge on any atom is 0.416 e. The van der Waals surface area contributed by atoms with Crippen LogP contribution in [0.25, 0.3) is 23.4 Å². The van der Waals surface area contributed by atoms with Gasteiger partial charge in [-0.25, -0.2) is 14.8 Å². The predicted octanol–water partition coefficient (Wildman–Crippen LogP) is 5.55. The molecule has 0 radical (unpaired) electrons. The van der Waals surface area contributed by atoms with Crippen LogP contribution in [-0.4, -0.2) is 81.7 Å². The second-order valence-corrected chi connectivity index (χ2v) is 16.2. The third-order valence-electron chi connectivity index (χ3n) is 9.29. The first-order chi connectivity index (χ1) is 28.1. The monoisotopic (exact) mass is 841 g/mol. The fourth-order valence-corrected chi connectivity index (χ4v) is 6.73. The highest BCUT2D eigenvalue weighted by atomic mass is 35.5. The number of rotatable bonds is 8. The second kappa shape index (κ2) is 15.3. The summed E-state index contributed by atoms with van der Waals surface area (Å²) < 4.78 is 8.73. The van der Waals surface area contributed by atoms with E-state index in [1.807, 2.05) is 6.07 Å². The lowest BCUT2D eigenvalue weighted by atomic mass is 10.1. The molecule has 2 saturated carbocycles. The van der Waals surface area contributed by atoms with Crippen LogP contribution < -0.4 is 26.2 Å². The molecule has 0 spiro atoms. The average Bonchev–Trinajstić information content (AvgIpc) is 4.02. The number of fused-ring (bicyclic) bond motifs is 2. The van der Waals surface area contributed by atoms with Gasteiger partial charge in [0.1, 0.15) is 34.0 Å². The van der Waals surface area contributed by atoms with E-state index in [1.54, 1.807) is 60.7 Å². The first-order valence-corrected chi connectivity index (χ1v) is 19.4. The van der Waals surface area contributed by atoms with Gasteiger partial charge in [0.25, 0.3) is 11.8 Å². The summed E-state index contributed by atoms with van der Waals surface area (Å²) in [6, 6.07) is 8.39. The van der Waals surface area contributed by atoms with Crippen molar-refractivity contribution in [3.8, 4) is 5.75 Å². The third-order valence-corrected chi connectivity index (χ3v) is 9.80. The maximum atomic E-state index is 12.9. The van der Waals surface area contributed by atoms with E-state index in [-0.39, 0.29) is 41.6 Å². The largest absolute Gasteiger partial charge is 0.508 e. The van der Waals surface area contributed by atoms with Crippen LogP contribution in [0, 0.1) is 0 Å². The molecular weight excluding hydrogens is 805 g/mol. The number of carbonyl (C=O) groups excluding carboxylic acids is 5. The number of imide groups is 2. The first kappa shape index (κ1) is 39.3. The number of ether oxygens (including phenoxy) is 1. The van der Waals surface area contributed by atoms with Crippen molar-refractivity contribution in [1.82, 2.24) is 39.8 Å². The lowest BCUT2D eigenvalue weighted by molar-refractivity contribution is -0.125. The number of aromatic hydroxyl groups is 1. The highest BCUT2D eigenvalue weighted by Crippen LogP contribution is 2.36. The molecule has 0 unspecified atom stereocenters. The minimum atomic E-state index is -0.651. The van der Waals surface area contributed by atoms with Crippen molar-refractivity contribution in [2.24, 2.45) is 0 Å². The number of halogens is 2. The Hall–Kier alpha value is -6.53. The lowest BCUT2D eigenvalue weighted by Crippen LogP contribution is -2.39. The molecule has 4 fully saturated rings. The molecule has 304 valence electrons. The minimum Gasteiger partial charge on any atom is -0.508 e. The van der Waals surface area contributed by atoms with E-state index in [2.05, 4.69) is 41.4 Å². The molecule has 18 nitrogen and oxygen atoms in total. The normalized spacial score (nSPS) is 18.0. The Kier molecular flexibility index (Phi) is 10.2. The molecule has 5 aromatic rings. The first-order valence-electron chi connectivity index (χ1n) is 18.7. The van der Waals surface area contributed by atoms with Crippen molar-refractivity contribution in [1.29, 1.82) is 0 Å². The fourth-order valence-electron chi connectivity index (χ4n) is 6.33. The van der Waals surface area contributed by atoms with Gasteiger partial charge >= 0.3 is 6.09 Å². The number of nitrogens with one attached hydrogen (secondary N) is 4. The average molecular weight is 843 g/mol. The number of hydrogen-bond donors (Lipinski definition) is 5. The molecule has 4 aliphatic rings. The number of anilines is 4. The van der Waals surface area contributed by atoms with E-state index in [4.69, 9.17) is 27.9 Å². The van der Waals surface area contributed by atoms with Crippen molar-refractivity contribution >= 4 is 99.5 Å². The van der Waals surface area contributed by atoms with Crippen molar-refractivity contribution in [2.75, 3.05) is 15.5 Å². The highest BCUT2D eigenvalue weighted by molar-refractivity contribution is 6.33. The summed E-state index contributed by atoms with van der Waals surface area (Å²) in [7, 11) is 0. The Morgan fingerprint density at radius 2 is 1.49 bits per heavy atom. The molecule has 2 aliphatic heterocycles. The van der Waals surface area contributed by atoms with Crippen LogP contribution in [0.4, 0.5) is 27.9 Å². The van der Waals surface area contributed by atoms with Crippen LogP contribution in [-0.2, 0) is 23.9 Å². The molecule has 20 heteroatoms. The van der Waals surface area contributed by atoms with Crippen LogP contribution in [0.5, 0.6) is 5.75 Å². The van der Waals surface area contributed by atoms with Crippen molar-refractivity contribution in [3.63, 3.8) is 0 Å². The zero-order valence-electron chi connectivity index (χ0n) is 31.9. The Labute approximate surface area is 345 Å². The summed E-state index contributed by atoms with van der Waals surface area (Å²) in [5.41, 5.74) is 2.67. The van der Waals surface area contributed by atoms with Crippen LogP contribution in [0.15, 0.2) is 53.9 Å². The maximum absolute atomic E-state index is 12.9. The van der Waals surface area contributed by atoms with Crippen LogP contribution in [0.1, 0.15) is 70.4 Å². The lowest BCUT2D eigenvalue weighted by Gasteiger charge is -2.27. The summed E-state index contributed by atoms with van der Waals surface area (Å²) in [4.78, 5) is 70.1. The van der Waals surface area contributed by atoms with Crippen LogP contribution in [0.2, 0.25) is 10.2 Å². The fraction of sp³-hybridized carbons (Fsp3) is 0.308. The number of aromatic nitrogens is 6. The summed E-state index contributed by atoms with van der Waals surface area (Å²) in [6.07, 6.45) is 9.72. The quantitative estimate of drug-likeness (QED) is 0.0560. The topological polar surface area (TPSA) is 227 Å². The zero-order valence-corrected chi connectivity index (χ0v) is 33.4. The standard InChI is InChI=1S/C20H17ClN6O3.C19H20ClN5O4/c21-14-7-13(28)3-4-15(14)24-16-8-17(23-12-1-2-12)27-19(25-16)11(9-22-27)5-10-6-18(29)26-20(10)30;1-19(2,3)29-18(28)24(12-4-5-12)15-8-13(20)22-16-11(9-21-25(15)16)6-10-7-14(26)23-17(10)27/h3-5,7-9,12,23,28H,1-2,6H2,(H,24,25)(H,26,29,30);6,8-9,12H,4-5,7H2,1-3H3,(H,23,26,27)/b10-5+;10-6+. The van der Waals surface area contributed by atoms with Gasteiger partial charge < -0.3 is 20.5 Å². The molecule has 5 N–H and O–H groups in total. The Morgan fingerprint density at radius 1 is 0.881 bits per heavy atom. The molecule has 2 aliphatic carbocycles. The predicted molar refractivity (Wildman–Crippen MR) is 217 cm³/mol. The van der Waals surface area contributed by atoms with Gasteiger partial charge in [-0.05, 0) is 70.7 Å². The van der Waals surface area contributed by atoms with Crippen molar-refractivity contribution in [2.45, 2.75) is 77.0 Å². The molecule has 59 heavy (non-hydrogen) atoms. The molecule has 2 saturated heterocycles. The molecular formula is C39H37Cl2N11O7. The Bertz CT molecular complexity index is 2660. The summed E-state index contributed by atoms with van der Waals surface area (Å²) in [5.74, 6) is 0.255.